The van der Waals surface area contributed by atoms with E-state index in [1.54, 1.807) is 14.0 Å². The summed E-state index contributed by atoms with van der Waals surface area (Å²) in [7, 11) is 1.61. The van der Waals surface area contributed by atoms with Crippen LogP contribution in [-0.4, -0.2) is 37.5 Å². The molecule has 0 radical (unpaired) electrons. The minimum atomic E-state index is -0.548. The molecule has 0 aliphatic carbocycles. The first kappa shape index (κ1) is 16.8. The van der Waals surface area contributed by atoms with Gasteiger partial charge in [-0.3, -0.25) is 14.9 Å². The second-order valence-electron chi connectivity index (χ2n) is 5.51. The second kappa shape index (κ2) is 7.62. The molecule has 1 aliphatic rings. The van der Waals surface area contributed by atoms with Gasteiger partial charge in [0.05, 0.1) is 13.0 Å². The van der Waals surface area contributed by atoms with Gasteiger partial charge in [0.25, 0.3) is 0 Å². The molecule has 7 heteroatoms. The van der Waals surface area contributed by atoms with Crippen molar-refractivity contribution in [2.24, 2.45) is 5.92 Å². The highest BCUT2D eigenvalue weighted by Crippen LogP contribution is 2.13. The Bertz CT molecular complexity index is 585. The summed E-state index contributed by atoms with van der Waals surface area (Å²) in [5.41, 5.74) is 1.09. The summed E-state index contributed by atoms with van der Waals surface area (Å²) in [6, 6.07) is 6.75. The van der Waals surface area contributed by atoms with E-state index in [9.17, 15) is 14.4 Å². The van der Waals surface area contributed by atoms with E-state index in [4.69, 9.17) is 4.74 Å². The lowest BCUT2D eigenvalue weighted by Gasteiger charge is -2.28. The first-order valence-corrected chi connectivity index (χ1v) is 7.50. The highest BCUT2D eigenvalue weighted by Gasteiger charge is 2.33. The van der Waals surface area contributed by atoms with Crippen LogP contribution in [0.2, 0.25) is 0 Å². The number of hydrogen-bond donors (Lipinski definition) is 3. The maximum Gasteiger partial charge on any atom is 0.321 e. The van der Waals surface area contributed by atoms with Gasteiger partial charge < -0.3 is 15.4 Å². The predicted molar refractivity (Wildman–Crippen MR) is 84.0 cm³/mol. The van der Waals surface area contributed by atoms with Gasteiger partial charge in [0.15, 0.2) is 0 Å². The van der Waals surface area contributed by atoms with Gasteiger partial charge in [0, 0.05) is 19.0 Å². The van der Waals surface area contributed by atoms with E-state index in [2.05, 4.69) is 16.0 Å². The van der Waals surface area contributed by atoms with Gasteiger partial charge >= 0.3 is 6.03 Å². The molecule has 7 nitrogen and oxygen atoms in total. The first-order chi connectivity index (χ1) is 11.0. The molecule has 1 aromatic rings. The molecule has 1 heterocycles. The summed E-state index contributed by atoms with van der Waals surface area (Å²) >= 11 is 0. The van der Waals surface area contributed by atoms with Crippen molar-refractivity contribution in [3.05, 3.63) is 29.8 Å². The Morgan fingerprint density at radius 2 is 1.96 bits per heavy atom. The number of amides is 4. The van der Waals surface area contributed by atoms with Crippen molar-refractivity contribution in [2.45, 2.75) is 25.8 Å². The molecular formula is C16H21N3O4. The summed E-state index contributed by atoms with van der Waals surface area (Å²) in [6.45, 7) is 2.20. The van der Waals surface area contributed by atoms with E-state index in [1.807, 2.05) is 24.3 Å². The number of hydrogen-bond acceptors (Lipinski definition) is 4. The van der Waals surface area contributed by atoms with E-state index < -0.39 is 17.9 Å². The third kappa shape index (κ3) is 4.70. The van der Waals surface area contributed by atoms with Crippen LogP contribution < -0.4 is 20.7 Å². The number of carbonyl (C=O) groups excluding carboxylic acids is 3. The van der Waals surface area contributed by atoms with Gasteiger partial charge in [-0.15, -0.1) is 0 Å². The zero-order valence-electron chi connectivity index (χ0n) is 13.2. The van der Waals surface area contributed by atoms with Crippen LogP contribution >= 0.6 is 0 Å². The molecule has 0 aromatic heterocycles. The van der Waals surface area contributed by atoms with Crippen molar-refractivity contribution in [2.75, 3.05) is 13.7 Å². The van der Waals surface area contributed by atoms with Gasteiger partial charge in [0.1, 0.15) is 5.75 Å². The molecule has 1 aliphatic heterocycles. The highest BCUT2D eigenvalue weighted by atomic mass is 16.5. The van der Waals surface area contributed by atoms with Crippen LogP contribution in [0.15, 0.2) is 24.3 Å². The lowest BCUT2D eigenvalue weighted by Crippen LogP contribution is -2.57. The van der Waals surface area contributed by atoms with Gasteiger partial charge in [-0.2, -0.15) is 0 Å². The van der Waals surface area contributed by atoms with Crippen LogP contribution in [-0.2, 0) is 16.0 Å². The molecule has 124 valence electrons. The number of imide groups is 1. The smallest absolute Gasteiger partial charge is 0.321 e. The van der Waals surface area contributed by atoms with Crippen LogP contribution in [0.25, 0.3) is 0 Å². The van der Waals surface area contributed by atoms with E-state index in [0.717, 1.165) is 11.3 Å². The third-order valence-corrected chi connectivity index (χ3v) is 3.84. The fourth-order valence-electron chi connectivity index (χ4n) is 2.45. The van der Waals surface area contributed by atoms with Gasteiger partial charge in [-0.05, 0) is 31.0 Å². The third-order valence-electron chi connectivity index (χ3n) is 3.84. The summed E-state index contributed by atoms with van der Waals surface area (Å²) in [6.07, 6.45) is 0.745. The lowest BCUT2D eigenvalue weighted by molar-refractivity contribution is -0.131. The summed E-state index contributed by atoms with van der Waals surface area (Å²) in [4.78, 5) is 34.8. The molecule has 23 heavy (non-hydrogen) atoms. The minimum absolute atomic E-state index is 0.0515. The van der Waals surface area contributed by atoms with Crippen molar-refractivity contribution >= 4 is 17.8 Å². The fraction of sp³-hybridized carbons (Fsp3) is 0.438. The van der Waals surface area contributed by atoms with Crippen molar-refractivity contribution < 1.29 is 19.1 Å². The average molecular weight is 319 g/mol. The molecule has 2 rings (SSSR count). The number of nitrogens with one attached hydrogen (secondary N) is 3. The van der Waals surface area contributed by atoms with Crippen molar-refractivity contribution in [1.82, 2.24) is 16.0 Å². The molecule has 1 aromatic carbocycles. The number of benzene rings is 1. The Balaban J connectivity index is 1.76. The van der Waals surface area contributed by atoms with Gasteiger partial charge in [-0.25, -0.2) is 4.79 Å². The molecule has 2 atom stereocenters. The summed E-state index contributed by atoms with van der Waals surface area (Å²) in [5, 5.41) is 7.57. The maximum absolute atomic E-state index is 12.0. The number of methoxy groups -OCH3 is 1. The number of carbonyl (C=O) groups is 3. The maximum atomic E-state index is 12.0. The summed E-state index contributed by atoms with van der Waals surface area (Å²) < 4.78 is 5.09. The normalized spacial score (nSPS) is 20.4. The number of urea groups is 1. The van der Waals surface area contributed by atoms with E-state index in [1.165, 1.54) is 0 Å². The molecule has 4 amide bonds. The Morgan fingerprint density at radius 3 is 2.57 bits per heavy atom. The average Bonchev–Trinajstić information content (AvgIpc) is 2.51. The zero-order chi connectivity index (χ0) is 16.8. The minimum Gasteiger partial charge on any atom is -0.497 e. The Kier molecular flexibility index (Phi) is 5.56. The van der Waals surface area contributed by atoms with Crippen LogP contribution in [0, 0.1) is 5.92 Å². The van der Waals surface area contributed by atoms with Crippen molar-refractivity contribution in [1.29, 1.82) is 0 Å². The molecule has 2 unspecified atom stereocenters. The monoisotopic (exact) mass is 319 g/mol. The molecule has 0 spiro atoms. The van der Waals surface area contributed by atoms with Crippen LogP contribution in [0.4, 0.5) is 4.79 Å². The molecular weight excluding hydrogens is 298 g/mol. The van der Waals surface area contributed by atoms with E-state index in [-0.39, 0.29) is 18.4 Å². The molecule has 0 saturated carbocycles. The predicted octanol–water partition coefficient (Wildman–Crippen LogP) is 0.588. The van der Waals surface area contributed by atoms with E-state index >= 15 is 0 Å². The first-order valence-electron chi connectivity index (χ1n) is 7.50. The zero-order valence-corrected chi connectivity index (χ0v) is 13.2. The van der Waals surface area contributed by atoms with Crippen LogP contribution in [0.5, 0.6) is 5.75 Å². The number of rotatable bonds is 6. The highest BCUT2D eigenvalue weighted by molar-refractivity contribution is 6.00. The van der Waals surface area contributed by atoms with Crippen molar-refractivity contribution in [3.63, 3.8) is 0 Å². The largest absolute Gasteiger partial charge is 0.497 e. The quantitative estimate of drug-likeness (QED) is 0.715. The standard InChI is InChI=1S/C16H21N3O4/c1-10-13(15(21)19-16(22)18-10)9-14(20)17-8-7-11-3-5-12(23-2)6-4-11/h3-6,10,13H,7-9H2,1-2H3,(H,17,20)(H2,18,19,21,22). The molecule has 1 saturated heterocycles. The fourth-order valence-corrected chi connectivity index (χ4v) is 2.45. The second-order valence-corrected chi connectivity index (χ2v) is 5.51. The lowest BCUT2D eigenvalue weighted by atomic mass is 9.94. The van der Waals surface area contributed by atoms with Gasteiger partial charge in [-0.1, -0.05) is 12.1 Å². The number of ether oxygens (including phenoxy) is 1. The SMILES string of the molecule is COc1ccc(CCNC(=O)CC2C(=O)NC(=O)NC2C)cc1. The van der Waals surface area contributed by atoms with E-state index in [0.29, 0.717) is 13.0 Å². The van der Waals surface area contributed by atoms with Gasteiger partial charge in [0.2, 0.25) is 11.8 Å². The molecule has 1 fully saturated rings. The van der Waals surface area contributed by atoms with Crippen LogP contribution in [0.1, 0.15) is 18.9 Å². The molecule has 0 bridgehead atoms. The Hall–Kier alpha value is -2.57. The topological polar surface area (TPSA) is 96.5 Å². The van der Waals surface area contributed by atoms with Crippen molar-refractivity contribution in [3.8, 4) is 5.75 Å². The van der Waals surface area contributed by atoms with Crippen LogP contribution in [0.3, 0.4) is 0 Å². The Morgan fingerprint density at radius 1 is 1.26 bits per heavy atom. The Labute approximate surface area is 134 Å². The molecule has 3 N–H and O–H groups in total. The summed E-state index contributed by atoms with van der Waals surface area (Å²) in [5.74, 6) is -0.376.